The molecule has 178 valence electrons. The van der Waals surface area contributed by atoms with Gasteiger partial charge in [0, 0.05) is 28.4 Å². The van der Waals surface area contributed by atoms with Crippen LogP contribution in [0.15, 0.2) is 53.7 Å². The van der Waals surface area contributed by atoms with Gasteiger partial charge in [0.25, 0.3) is 11.8 Å². The summed E-state index contributed by atoms with van der Waals surface area (Å²) in [5.41, 5.74) is 0.977. The highest BCUT2D eigenvalue weighted by Crippen LogP contribution is 2.37. The van der Waals surface area contributed by atoms with Crippen LogP contribution < -0.4 is 15.0 Å². The average molecular weight is 483 g/mol. The number of hydrogen-bond donors (Lipinski definition) is 2. The molecule has 3 aromatic rings. The van der Waals surface area contributed by atoms with Crippen LogP contribution in [0.1, 0.15) is 27.0 Å². The van der Waals surface area contributed by atoms with Crippen molar-refractivity contribution >= 4 is 28.9 Å². The van der Waals surface area contributed by atoms with Crippen LogP contribution in [-0.4, -0.2) is 29.5 Å². The Balaban J connectivity index is 1.49. The molecule has 2 heterocycles. The first-order valence-corrected chi connectivity index (χ1v) is 10.3. The lowest BCUT2D eigenvalue weighted by molar-refractivity contribution is -0.112. The summed E-state index contributed by atoms with van der Waals surface area (Å²) in [6.45, 7) is -0.0192. The maximum Gasteiger partial charge on any atom is 0.281 e. The number of oxime groups is 1. The fraction of sp³-hybridized carbons (Fsp3) is 0.125. The lowest BCUT2D eigenvalue weighted by atomic mass is 10.1. The number of nitrogens with zero attached hydrogens (tertiary/aromatic N) is 2. The molecule has 0 aromatic heterocycles. The molecule has 0 spiro atoms. The smallest absolute Gasteiger partial charge is 0.281 e. The van der Waals surface area contributed by atoms with Gasteiger partial charge in [-0.3, -0.25) is 9.59 Å². The molecule has 0 saturated heterocycles. The molecule has 35 heavy (non-hydrogen) atoms. The molecular weight excluding hydrogens is 467 g/mol. The molecule has 5 rings (SSSR count). The van der Waals surface area contributed by atoms with E-state index in [1.54, 1.807) is 0 Å². The third-order valence-electron chi connectivity index (χ3n) is 5.61. The number of amides is 2. The Labute approximate surface area is 196 Å². The molecule has 11 heteroatoms. The highest BCUT2D eigenvalue weighted by molar-refractivity contribution is 6.54. The molecule has 0 aliphatic carbocycles. The average Bonchev–Trinajstić information content (AvgIpc) is 3.08. The van der Waals surface area contributed by atoms with Crippen LogP contribution in [0.5, 0.6) is 5.75 Å². The first-order chi connectivity index (χ1) is 16.9. The summed E-state index contributed by atoms with van der Waals surface area (Å²) in [5, 5.41) is 15.0. The number of halogens is 3. The van der Waals surface area contributed by atoms with Gasteiger partial charge >= 0.3 is 0 Å². The van der Waals surface area contributed by atoms with E-state index in [0.717, 1.165) is 12.1 Å². The lowest BCUT2D eigenvalue weighted by Crippen LogP contribution is -2.30. The van der Waals surface area contributed by atoms with Crippen molar-refractivity contribution in [3.8, 4) is 5.75 Å². The Morgan fingerprint density at radius 2 is 1.91 bits per heavy atom. The lowest BCUT2D eigenvalue weighted by Gasteiger charge is -2.24. The van der Waals surface area contributed by atoms with Gasteiger partial charge < -0.3 is 24.9 Å². The van der Waals surface area contributed by atoms with Crippen molar-refractivity contribution in [3.05, 3.63) is 88.2 Å². The van der Waals surface area contributed by atoms with Gasteiger partial charge in [-0.2, -0.15) is 0 Å². The number of carbonyl (C=O) groups excluding carboxylic acids is 2. The van der Waals surface area contributed by atoms with E-state index in [1.807, 2.05) is 0 Å². The Bertz CT molecular complexity index is 1410. The molecule has 0 atom stereocenters. The summed E-state index contributed by atoms with van der Waals surface area (Å²) < 4.78 is 52.1. The molecule has 8 nitrogen and oxygen atoms in total. The molecule has 0 saturated carbocycles. The molecule has 0 unspecified atom stereocenters. The van der Waals surface area contributed by atoms with Crippen molar-refractivity contribution in [3.63, 3.8) is 0 Å². The normalized spacial score (nSPS) is 15.6. The number of ether oxygens (including phenoxy) is 2. The van der Waals surface area contributed by atoms with Gasteiger partial charge in [-0.25, -0.2) is 13.2 Å². The second kappa shape index (κ2) is 8.76. The van der Waals surface area contributed by atoms with E-state index in [4.69, 9.17) is 9.47 Å². The second-order valence-corrected chi connectivity index (χ2v) is 7.81. The zero-order valence-corrected chi connectivity index (χ0v) is 17.8. The number of benzene rings is 3. The van der Waals surface area contributed by atoms with Gasteiger partial charge in [0.1, 0.15) is 23.2 Å². The van der Waals surface area contributed by atoms with Crippen LogP contribution in [-0.2, 0) is 22.7 Å². The number of fused-ring (bicyclic) bond motifs is 2. The summed E-state index contributed by atoms with van der Waals surface area (Å²) >= 11 is 0. The SMILES string of the molecule is O=C(Nc1ccc2c(c1)N(Cc1cc(F)cc3c1OCOC3)C(=O)/C2=N\O)c1ccc(F)cc1F. The minimum Gasteiger partial charge on any atom is -0.467 e. The first kappa shape index (κ1) is 22.4. The van der Waals surface area contributed by atoms with Crippen molar-refractivity contribution < 1.29 is 37.4 Å². The Hall–Kier alpha value is -4.38. The third kappa shape index (κ3) is 4.06. The Morgan fingerprint density at radius 3 is 2.69 bits per heavy atom. The van der Waals surface area contributed by atoms with Gasteiger partial charge in [0.2, 0.25) is 0 Å². The second-order valence-electron chi connectivity index (χ2n) is 7.81. The fourth-order valence-corrected chi connectivity index (χ4v) is 4.06. The van der Waals surface area contributed by atoms with E-state index in [0.29, 0.717) is 22.9 Å². The molecule has 0 fully saturated rings. The summed E-state index contributed by atoms with van der Waals surface area (Å²) in [4.78, 5) is 26.7. The standard InChI is InChI=1S/C24H16F3N3O5/c25-14-1-3-17(19(27)7-14)23(31)28-16-2-4-18-20(8-16)30(24(32)21(18)29-33)9-12-5-15(26)6-13-10-34-11-35-22(12)13/h1-8,33H,9-11H2,(H,28,31)/b29-21-. The number of carbonyl (C=O) groups is 2. The van der Waals surface area contributed by atoms with Gasteiger partial charge in [-0.15, -0.1) is 0 Å². The largest absolute Gasteiger partial charge is 0.467 e. The summed E-state index contributed by atoms with van der Waals surface area (Å²) in [7, 11) is 0. The van der Waals surface area contributed by atoms with Crippen LogP contribution in [0.2, 0.25) is 0 Å². The molecule has 0 radical (unpaired) electrons. The monoisotopic (exact) mass is 483 g/mol. The van der Waals surface area contributed by atoms with E-state index < -0.39 is 29.3 Å². The van der Waals surface area contributed by atoms with Crippen molar-refractivity contribution in [2.24, 2.45) is 5.16 Å². The van der Waals surface area contributed by atoms with Gasteiger partial charge in [-0.1, -0.05) is 5.16 Å². The highest BCUT2D eigenvalue weighted by Gasteiger charge is 2.36. The van der Waals surface area contributed by atoms with E-state index in [1.165, 1.54) is 35.2 Å². The number of hydrogen-bond acceptors (Lipinski definition) is 6. The van der Waals surface area contributed by atoms with Crippen molar-refractivity contribution in [2.45, 2.75) is 13.2 Å². The molecular formula is C24H16F3N3O5. The minimum atomic E-state index is -1.03. The summed E-state index contributed by atoms with van der Waals surface area (Å²) in [6, 6.07) is 9.38. The van der Waals surface area contributed by atoms with Crippen molar-refractivity contribution in [1.29, 1.82) is 0 Å². The van der Waals surface area contributed by atoms with Crippen LogP contribution in [0.4, 0.5) is 24.5 Å². The molecule has 2 N–H and O–H groups in total. The summed E-state index contributed by atoms with van der Waals surface area (Å²) in [6.07, 6.45) is 0. The van der Waals surface area contributed by atoms with Gasteiger partial charge in [0.15, 0.2) is 12.5 Å². The molecule has 0 bridgehead atoms. The Morgan fingerprint density at radius 1 is 1.09 bits per heavy atom. The predicted molar refractivity (Wildman–Crippen MR) is 117 cm³/mol. The topological polar surface area (TPSA) is 100 Å². The first-order valence-electron chi connectivity index (χ1n) is 10.3. The predicted octanol–water partition coefficient (Wildman–Crippen LogP) is 3.95. The maximum absolute atomic E-state index is 14.2. The number of rotatable bonds is 4. The minimum absolute atomic E-state index is 0.0321. The van der Waals surface area contributed by atoms with Crippen molar-refractivity contribution in [2.75, 3.05) is 17.0 Å². The van der Waals surface area contributed by atoms with Crippen LogP contribution in [0.25, 0.3) is 0 Å². The fourth-order valence-electron chi connectivity index (χ4n) is 4.06. The molecule has 3 aromatic carbocycles. The van der Waals surface area contributed by atoms with E-state index >= 15 is 0 Å². The quantitative estimate of drug-likeness (QED) is 0.433. The van der Waals surface area contributed by atoms with Crippen LogP contribution in [0, 0.1) is 17.5 Å². The van der Waals surface area contributed by atoms with Crippen molar-refractivity contribution in [1.82, 2.24) is 0 Å². The number of nitrogens with one attached hydrogen (secondary N) is 1. The van der Waals surface area contributed by atoms with Crippen LogP contribution in [0.3, 0.4) is 0 Å². The maximum atomic E-state index is 14.2. The van der Waals surface area contributed by atoms with Crippen LogP contribution >= 0.6 is 0 Å². The molecule has 2 aliphatic heterocycles. The van der Waals surface area contributed by atoms with Gasteiger partial charge in [0.05, 0.1) is 24.4 Å². The molecule has 2 aliphatic rings. The third-order valence-corrected chi connectivity index (χ3v) is 5.61. The zero-order chi connectivity index (χ0) is 24.7. The molecule has 2 amide bonds. The highest BCUT2D eigenvalue weighted by atomic mass is 19.1. The van der Waals surface area contributed by atoms with E-state index in [9.17, 15) is 28.0 Å². The Kier molecular flexibility index (Phi) is 5.61. The van der Waals surface area contributed by atoms with E-state index in [-0.39, 0.29) is 48.2 Å². The number of anilines is 2. The van der Waals surface area contributed by atoms with E-state index in [2.05, 4.69) is 10.5 Å². The van der Waals surface area contributed by atoms with Gasteiger partial charge in [-0.05, 0) is 42.5 Å². The zero-order valence-electron chi connectivity index (χ0n) is 17.8. The summed E-state index contributed by atoms with van der Waals surface area (Å²) in [5.74, 6) is -3.50.